The van der Waals surface area contributed by atoms with Gasteiger partial charge in [0.05, 0.1) is 12.1 Å². The highest BCUT2D eigenvalue weighted by Crippen LogP contribution is 2.26. The topological polar surface area (TPSA) is 248 Å². The first-order chi connectivity index (χ1) is 16.1. The minimum absolute atomic E-state index is 0.0528. The van der Waals surface area contributed by atoms with Gasteiger partial charge in [-0.25, -0.2) is 14.1 Å². The fourth-order valence-electron chi connectivity index (χ4n) is 3.32. The van der Waals surface area contributed by atoms with Crippen molar-refractivity contribution < 1.29 is 42.1 Å². The van der Waals surface area contributed by atoms with Crippen LogP contribution in [0, 0.1) is 0 Å². The molecule has 192 valence electrons. The number of aliphatic carboxylic acids is 1. The number of likely N-dealkylation sites (tertiary alicyclic amines) is 1. The third-order valence-electron chi connectivity index (χ3n) is 5.31. The molecule has 0 bridgehead atoms. The lowest BCUT2D eigenvalue weighted by Crippen LogP contribution is -2.74. The van der Waals surface area contributed by atoms with Crippen LogP contribution in [0.5, 0.6) is 0 Å². The predicted molar refractivity (Wildman–Crippen MR) is 119 cm³/mol. The van der Waals surface area contributed by atoms with Crippen molar-refractivity contribution in [1.29, 1.82) is 0 Å². The maximum Gasteiger partial charge on any atom is 0.362 e. The molecule has 0 aliphatic carbocycles. The fourth-order valence-corrected chi connectivity index (χ4v) is 4.74. The Morgan fingerprint density at radius 2 is 2.03 bits per heavy atom. The smallest absolute Gasteiger partial charge is 0.362 e. The van der Waals surface area contributed by atoms with E-state index in [1.807, 2.05) is 0 Å². The van der Waals surface area contributed by atoms with Crippen molar-refractivity contribution in [3.63, 3.8) is 0 Å². The molecule has 2 aliphatic rings. The molecule has 2 aliphatic heterocycles. The maximum absolute atomic E-state index is 13.0. The van der Waals surface area contributed by atoms with E-state index in [9.17, 15) is 37.3 Å². The van der Waals surface area contributed by atoms with E-state index in [0.29, 0.717) is 6.42 Å². The lowest BCUT2D eigenvalue weighted by Gasteiger charge is -2.45. The number of hydrogen-bond donors (Lipinski definition) is 5. The highest BCUT2D eigenvalue weighted by atomic mass is 32.2. The second-order valence-electron chi connectivity index (χ2n) is 8.23. The van der Waals surface area contributed by atoms with E-state index in [1.165, 1.54) is 24.1 Å². The summed E-state index contributed by atoms with van der Waals surface area (Å²) >= 11 is 0.945. The Balaban J connectivity index is 1.87. The number of carbonyl (C=O) groups excluding carboxylic acids is 3. The molecule has 18 heteroatoms. The van der Waals surface area contributed by atoms with E-state index in [4.69, 9.17) is 16.3 Å². The maximum atomic E-state index is 13.0. The van der Waals surface area contributed by atoms with Gasteiger partial charge in [0.1, 0.15) is 11.7 Å². The predicted octanol–water partition coefficient (Wildman–Crippen LogP) is -2.63. The average Bonchev–Trinajstić information content (AvgIpc) is 3.30. The number of rotatable bonds is 9. The summed E-state index contributed by atoms with van der Waals surface area (Å²) in [6.07, 6.45) is 0.307. The number of nitrogens with two attached hydrogens (primary N) is 2. The number of carboxylic acid groups (broad SMARTS) is 1. The molecule has 0 saturated carbocycles. The average molecular weight is 534 g/mol. The Hall–Kier alpha value is -3.35. The molecule has 16 nitrogen and oxygen atoms in total. The number of carbonyl (C=O) groups is 4. The van der Waals surface area contributed by atoms with E-state index in [-0.39, 0.29) is 28.2 Å². The Morgan fingerprint density at radius 3 is 2.51 bits per heavy atom. The summed E-state index contributed by atoms with van der Waals surface area (Å²) in [6.45, 7) is 2.21. The van der Waals surface area contributed by atoms with Crippen LogP contribution >= 0.6 is 11.3 Å². The summed E-state index contributed by atoms with van der Waals surface area (Å²) in [5.41, 5.74) is 8.79. The van der Waals surface area contributed by atoms with Gasteiger partial charge < -0.3 is 31.6 Å². The van der Waals surface area contributed by atoms with Crippen LogP contribution in [-0.2, 0) is 34.3 Å². The summed E-state index contributed by atoms with van der Waals surface area (Å²) < 4.78 is 33.0. The van der Waals surface area contributed by atoms with Crippen molar-refractivity contribution in [1.82, 2.24) is 19.5 Å². The zero-order valence-electron chi connectivity index (χ0n) is 18.4. The van der Waals surface area contributed by atoms with Crippen LogP contribution in [0.1, 0.15) is 26.0 Å². The van der Waals surface area contributed by atoms with Gasteiger partial charge in [-0.05, 0) is 20.3 Å². The lowest BCUT2D eigenvalue weighted by atomic mass is 9.97. The zero-order valence-corrected chi connectivity index (χ0v) is 20.1. The number of nitrogens with one attached hydrogen (secondary N) is 1. The SMILES string of the molecule is CC(C)(O/N=C(\C(=O)N[C@@H]1C(=O)N(S(=O)(=O)O)[C@@H]1CN1CCC(N)C1=O)c1csc(N)n1)C(=O)O. The van der Waals surface area contributed by atoms with Crippen LogP contribution in [0.4, 0.5) is 5.13 Å². The minimum Gasteiger partial charge on any atom is -0.478 e. The summed E-state index contributed by atoms with van der Waals surface area (Å²) in [5, 5.41) is 16.5. The number of nitrogen functional groups attached to an aromatic ring is 1. The summed E-state index contributed by atoms with van der Waals surface area (Å²) in [4.78, 5) is 59.1. The van der Waals surface area contributed by atoms with Crippen molar-refractivity contribution in [3.8, 4) is 0 Å². The number of anilines is 1. The number of β-lactam (4-membered cyclic amide) rings is 1. The van der Waals surface area contributed by atoms with Crippen LogP contribution in [0.15, 0.2) is 10.5 Å². The molecule has 3 amide bonds. The molecular formula is C17H23N7O9S2. The van der Waals surface area contributed by atoms with Crippen LogP contribution < -0.4 is 16.8 Å². The molecule has 0 spiro atoms. The first-order valence-electron chi connectivity index (χ1n) is 10.0. The summed E-state index contributed by atoms with van der Waals surface area (Å²) in [7, 11) is -5.00. The van der Waals surface area contributed by atoms with E-state index < -0.39 is 63.4 Å². The van der Waals surface area contributed by atoms with Crippen LogP contribution in [0.2, 0.25) is 0 Å². The monoisotopic (exact) mass is 533 g/mol. The van der Waals surface area contributed by atoms with Crippen molar-refractivity contribution in [3.05, 3.63) is 11.1 Å². The van der Waals surface area contributed by atoms with Gasteiger partial charge in [0.2, 0.25) is 11.5 Å². The van der Waals surface area contributed by atoms with Crippen LogP contribution in [0.3, 0.4) is 0 Å². The zero-order chi connectivity index (χ0) is 26.3. The van der Waals surface area contributed by atoms with Gasteiger partial charge in [-0.2, -0.15) is 8.42 Å². The number of thiazole rings is 1. The number of aromatic nitrogens is 1. The number of oxime groups is 1. The van der Waals surface area contributed by atoms with E-state index in [2.05, 4.69) is 15.5 Å². The van der Waals surface area contributed by atoms with Gasteiger partial charge in [-0.15, -0.1) is 11.3 Å². The Kier molecular flexibility index (Phi) is 7.02. The largest absolute Gasteiger partial charge is 0.478 e. The Labute approximate surface area is 202 Å². The standard InChI is InChI=1S/C17H23N7O9S2/c1-17(2,15(28)29)33-22-10(8-6-34-16(19)20-8)12(25)21-11-9(24(14(11)27)35(30,31)32)5-23-4-3-7(18)13(23)26/h6-7,9,11H,3-5,18H2,1-2H3,(H2,19,20)(H,21,25)(H,28,29)(H,30,31,32)/b22-10-/t7?,9-,11+/m1/s1. The molecule has 1 aromatic rings. The number of nitrogens with zero attached hydrogens (tertiary/aromatic N) is 4. The van der Waals surface area contributed by atoms with E-state index in [0.717, 1.165) is 11.3 Å². The second-order valence-corrected chi connectivity index (χ2v) is 10.4. The van der Waals surface area contributed by atoms with Crippen molar-refractivity contribution in [2.45, 2.75) is 44.0 Å². The Morgan fingerprint density at radius 1 is 1.37 bits per heavy atom. The van der Waals surface area contributed by atoms with E-state index in [1.54, 1.807) is 0 Å². The van der Waals surface area contributed by atoms with Gasteiger partial charge in [0, 0.05) is 18.5 Å². The number of amides is 3. The van der Waals surface area contributed by atoms with Gasteiger partial charge >= 0.3 is 16.3 Å². The first kappa shape index (κ1) is 26.3. The molecule has 2 saturated heterocycles. The van der Waals surface area contributed by atoms with Crippen molar-refractivity contribution in [2.24, 2.45) is 10.9 Å². The number of carboxylic acids is 1. The number of hydrogen-bond acceptors (Lipinski definition) is 12. The molecule has 3 atom stereocenters. The highest BCUT2D eigenvalue weighted by molar-refractivity contribution is 7.84. The third kappa shape index (κ3) is 5.34. The van der Waals surface area contributed by atoms with Gasteiger partial charge in [0.25, 0.3) is 11.8 Å². The third-order valence-corrected chi connectivity index (χ3v) is 6.93. The van der Waals surface area contributed by atoms with Crippen molar-refractivity contribution in [2.75, 3.05) is 18.8 Å². The molecule has 2 fully saturated rings. The molecule has 3 heterocycles. The van der Waals surface area contributed by atoms with Gasteiger partial charge in [-0.3, -0.25) is 18.9 Å². The molecule has 0 aromatic carbocycles. The minimum atomic E-state index is -5.00. The van der Waals surface area contributed by atoms with Crippen LogP contribution in [-0.4, -0.2) is 98.5 Å². The second kappa shape index (κ2) is 9.36. The Bertz CT molecular complexity index is 1200. The summed E-state index contributed by atoms with van der Waals surface area (Å²) in [5.74, 6) is -4.09. The molecular weight excluding hydrogens is 510 g/mol. The lowest BCUT2D eigenvalue weighted by molar-refractivity contribution is -0.161. The van der Waals surface area contributed by atoms with Gasteiger partial charge in [0.15, 0.2) is 10.8 Å². The fraction of sp³-hybridized carbons (Fsp3) is 0.529. The normalized spacial score (nSPS) is 23.3. The molecule has 1 aromatic heterocycles. The molecule has 7 N–H and O–H groups in total. The quantitative estimate of drug-likeness (QED) is 0.0946. The van der Waals surface area contributed by atoms with Crippen LogP contribution in [0.25, 0.3) is 0 Å². The molecule has 0 radical (unpaired) electrons. The molecule has 3 rings (SSSR count). The molecule has 1 unspecified atom stereocenters. The highest BCUT2D eigenvalue weighted by Gasteiger charge is 2.55. The molecule has 35 heavy (non-hydrogen) atoms. The summed E-state index contributed by atoms with van der Waals surface area (Å²) in [6, 6.07) is -3.61. The van der Waals surface area contributed by atoms with Gasteiger partial charge in [-0.1, -0.05) is 5.16 Å². The first-order valence-corrected chi connectivity index (χ1v) is 12.3. The van der Waals surface area contributed by atoms with E-state index >= 15 is 0 Å². The van der Waals surface area contributed by atoms with Crippen molar-refractivity contribution >= 4 is 56.2 Å².